The van der Waals surface area contributed by atoms with E-state index in [2.05, 4.69) is 15.1 Å². The molecule has 0 radical (unpaired) electrons. The van der Waals surface area contributed by atoms with Crippen LogP contribution in [0.4, 0.5) is 13.2 Å². The fraction of sp³-hybridized carbons (Fsp3) is 0.316. The quantitative estimate of drug-likeness (QED) is 0.461. The van der Waals surface area contributed by atoms with E-state index >= 15 is 0 Å². The van der Waals surface area contributed by atoms with Gasteiger partial charge in [-0.1, -0.05) is 17.7 Å². The van der Waals surface area contributed by atoms with Gasteiger partial charge in [-0.3, -0.25) is 4.68 Å². The van der Waals surface area contributed by atoms with E-state index in [9.17, 15) is 13.2 Å². The summed E-state index contributed by atoms with van der Waals surface area (Å²) in [5.41, 5.74) is 2.58. The predicted molar refractivity (Wildman–Crippen MR) is 106 cm³/mol. The second-order valence-electron chi connectivity index (χ2n) is 7.23. The van der Waals surface area contributed by atoms with E-state index in [4.69, 9.17) is 11.6 Å². The molecule has 3 aromatic heterocycles. The van der Waals surface area contributed by atoms with Gasteiger partial charge in [-0.15, -0.1) is 0 Å². The summed E-state index contributed by atoms with van der Waals surface area (Å²) in [4.78, 5) is 10.8. The van der Waals surface area contributed by atoms with Gasteiger partial charge in [0, 0.05) is 25.2 Å². The molecule has 0 fully saturated rings. The zero-order valence-electron chi connectivity index (χ0n) is 16.0. The summed E-state index contributed by atoms with van der Waals surface area (Å²) in [5, 5.41) is 4.68. The van der Waals surface area contributed by atoms with Crippen molar-refractivity contribution >= 4 is 33.5 Å². The van der Waals surface area contributed by atoms with Crippen molar-refractivity contribution < 1.29 is 13.2 Å². The number of benzene rings is 1. The minimum Gasteiger partial charge on any atom is -0.327 e. The highest BCUT2D eigenvalue weighted by Crippen LogP contribution is 2.35. The molecule has 0 atom stereocenters. The topological polar surface area (TPSA) is 51.8 Å². The summed E-state index contributed by atoms with van der Waals surface area (Å²) < 4.78 is 42.6. The van der Waals surface area contributed by atoms with Gasteiger partial charge in [0.2, 0.25) is 0 Å². The molecule has 0 N–H and O–H groups in total. The first-order valence-electron chi connectivity index (χ1n) is 8.81. The number of aromatic nitrogens is 5. The number of hydrogen-bond acceptors (Lipinski definition) is 4. The molecule has 152 valence electrons. The van der Waals surface area contributed by atoms with E-state index in [1.54, 1.807) is 30.2 Å². The van der Waals surface area contributed by atoms with E-state index in [0.717, 1.165) is 10.1 Å². The minimum atomic E-state index is -4.41. The van der Waals surface area contributed by atoms with Crippen molar-refractivity contribution in [2.75, 3.05) is 14.1 Å². The molecule has 0 amide bonds. The number of halogens is 4. The molecule has 6 nitrogen and oxygen atoms in total. The highest BCUT2D eigenvalue weighted by atomic mass is 35.5. The van der Waals surface area contributed by atoms with E-state index in [0.29, 0.717) is 34.4 Å². The molecule has 0 bridgehead atoms. The first-order chi connectivity index (χ1) is 13.6. The number of aryl methyl sites for hydroxylation is 1. The molecule has 0 aliphatic carbocycles. The van der Waals surface area contributed by atoms with Gasteiger partial charge in [-0.25, -0.2) is 9.97 Å². The summed E-state index contributed by atoms with van der Waals surface area (Å²) in [6.07, 6.45) is -1.10. The lowest BCUT2D eigenvalue weighted by molar-refractivity contribution is -0.139. The Bertz CT molecular complexity index is 1210. The van der Waals surface area contributed by atoms with E-state index in [-0.39, 0.29) is 10.7 Å². The largest absolute Gasteiger partial charge is 0.406 e. The standard InChI is InChI=1S/C19H18ClF3N6/c1-27(2)8-11-4-5-14-13(6-11)15-16(29(14)10-19(21,22)23)17(20)26-18(25-15)12-7-24-28(3)9-12/h4-7,9H,8,10H2,1-3H3. The first-order valence-corrected chi connectivity index (χ1v) is 9.19. The zero-order valence-corrected chi connectivity index (χ0v) is 16.8. The van der Waals surface area contributed by atoms with Crippen LogP contribution < -0.4 is 0 Å². The molecular formula is C19H18ClF3N6. The van der Waals surface area contributed by atoms with Crippen LogP contribution in [0.2, 0.25) is 5.15 Å². The van der Waals surface area contributed by atoms with Gasteiger partial charge in [-0.2, -0.15) is 18.3 Å². The predicted octanol–water partition coefficient (Wildman–Crippen LogP) is 4.26. The van der Waals surface area contributed by atoms with Crippen molar-refractivity contribution in [3.05, 3.63) is 41.3 Å². The van der Waals surface area contributed by atoms with Crippen molar-refractivity contribution in [1.82, 2.24) is 29.2 Å². The molecule has 0 aliphatic rings. The average Bonchev–Trinajstić information content (AvgIpc) is 3.16. The van der Waals surface area contributed by atoms with Crippen molar-refractivity contribution in [2.24, 2.45) is 7.05 Å². The molecule has 0 spiro atoms. The number of hydrogen-bond donors (Lipinski definition) is 0. The lowest BCUT2D eigenvalue weighted by atomic mass is 10.1. The summed E-state index contributed by atoms with van der Waals surface area (Å²) in [6.45, 7) is -0.522. The lowest BCUT2D eigenvalue weighted by Crippen LogP contribution is -2.17. The van der Waals surface area contributed by atoms with Crippen LogP contribution in [0.5, 0.6) is 0 Å². The third kappa shape index (κ3) is 3.79. The van der Waals surface area contributed by atoms with Gasteiger partial charge >= 0.3 is 6.18 Å². The van der Waals surface area contributed by atoms with Crippen molar-refractivity contribution in [1.29, 1.82) is 0 Å². The molecule has 4 rings (SSSR count). The molecule has 0 aliphatic heterocycles. The molecule has 10 heteroatoms. The molecule has 0 unspecified atom stereocenters. The van der Waals surface area contributed by atoms with E-state index in [1.165, 1.54) is 0 Å². The van der Waals surface area contributed by atoms with Crippen LogP contribution in [0.15, 0.2) is 30.6 Å². The smallest absolute Gasteiger partial charge is 0.327 e. The van der Waals surface area contributed by atoms with Crippen molar-refractivity contribution in [3.8, 4) is 11.4 Å². The lowest BCUT2D eigenvalue weighted by Gasteiger charge is -2.12. The second kappa shape index (κ2) is 7.00. The maximum absolute atomic E-state index is 13.3. The number of fused-ring (bicyclic) bond motifs is 3. The van der Waals surface area contributed by atoms with Crippen molar-refractivity contribution in [3.63, 3.8) is 0 Å². The van der Waals surface area contributed by atoms with E-state index in [1.807, 2.05) is 31.1 Å². The van der Waals surface area contributed by atoms with Gasteiger partial charge in [-0.05, 0) is 31.8 Å². The monoisotopic (exact) mass is 422 g/mol. The van der Waals surface area contributed by atoms with Crippen LogP contribution >= 0.6 is 11.6 Å². The van der Waals surface area contributed by atoms with Crippen LogP contribution in [-0.4, -0.2) is 49.5 Å². The average molecular weight is 423 g/mol. The zero-order chi connectivity index (χ0) is 20.9. The minimum absolute atomic E-state index is 0.0246. The van der Waals surface area contributed by atoms with Crippen molar-refractivity contribution in [2.45, 2.75) is 19.3 Å². The number of rotatable bonds is 4. The van der Waals surface area contributed by atoms with Crippen LogP contribution in [-0.2, 0) is 20.1 Å². The Hall–Kier alpha value is -2.65. The highest BCUT2D eigenvalue weighted by Gasteiger charge is 2.31. The van der Waals surface area contributed by atoms with Crippen LogP contribution in [0.3, 0.4) is 0 Å². The fourth-order valence-corrected chi connectivity index (χ4v) is 3.73. The van der Waals surface area contributed by atoms with Crippen LogP contribution in [0, 0.1) is 0 Å². The van der Waals surface area contributed by atoms with Crippen LogP contribution in [0.1, 0.15) is 5.56 Å². The van der Waals surface area contributed by atoms with E-state index < -0.39 is 12.7 Å². The summed E-state index contributed by atoms with van der Waals surface area (Å²) in [6, 6.07) is 5.36. The molecule has 1 aromatic carbocycles. The van der Waals surface area contributed by atoms with Gasteiger partial charge in [0.05, 0.1) is 17.3 Å². The Balaban J connectivity index is 2.02. The SMILES string of the molecule is CN(C)Cc1ccc2c(c1)c1nc(-c3cnn(C)c3)nc(Cl)c1n2CC(F)(F)F. The molecule has 29 heavy (non-hydrogen) atoms. The first kappa shape index (κ1) is 19.7. The van der Waals surface area contributed by atoms with Crippen LogP contribution in [0.25, 0.3) is 33.3 Å². The molecule has 0 saturated heterocycles. The Labute approximate surface area is 169 Å². The summed E-state index contributed by atoms with van der Waals surface area (Å²) >= 11 is 6.37. The molecule has 4 aromatic rings. The Morgan fingerprint density at radius 3 is 2.55 bits per heavy atom. The Kier molecular flexibility index (Phi) is 4.74. The molecule has 3 heterocycles. The Morgan fingerprint density at radius 1 is 1.17 bits per heavy atom. The van der Waals surface area contributed by atoms with Gasteiger partial charge in [0.25, 0.3) is 0 Å². The summed E-state index contributed by atoms with van der Waals surface area (Å²) in [5.74, 6) is 0.319. The maximum atomic E-state index is 13.3. The summed E-state index contributed by atoms with van der Waals surface area (Å²) in [7, 11) is 5.61. The van der Waals surface area contributed by atoms with Gasteiger partial charge < -0.3 is 9.47 Å². The number of nitrogens with zero attached hydrogens (tertiary/aromatic N) is 6. The van der Waals surface area contributed by atoms with Gasteiger partial charge in [0.15, 0.2) is 11.0 Å². The second-order valence-corrected chi connectivity index (χ2v) is 7.59. The highest BCUT2D eigenvalue weighted by molar-refractivity contribution is 6.35. The normalized spacial score (nSPS) is 12.6. The van der Waals surface area contributed by atoms with Gasteiger partial charge in [0.1, 0.15) is 17.6 Å². The third-order valence-electron chi connectivity index (χ3n) is 4.52. The maximum Gasteiger partial charge on any atom is 0.406 e. The number of alkyl halides is 3. The molecule has 0 saturated carbocycles. The Morgan fingerprint density at radius 2 is 1.93 bits per heavy atom. The third-order valence-corrected chi connectivity index (χ3v) is 4.78. The fourth-order valence-electron chi connectivity index (χ4n) is 3.46. The molecular weight excluding hydrogens is 405 g/mol.